The van der Waals surface area contributed by atoms with Gasteiger partial charge in [0, 0.05) is 37.3 Å². The summed E-state index contributed by atoms with van der Waals surface area (Å²) < 4.78 is 1.96. The molecule has 1 saturated heterocycles. The van der Waals surface area contributed by atoms with Crippen molar-refractivity contribution in [3.05, 3.63) is 66.4 Å². The van der Waals surface area contributed by atoms with E-state index in [9.17, 15) is 4.79 Å². The summed E-state index contributed by atoms with van der Waals surface area (Å²) in [6, 6.07) is 3.51. The Morgan fingerprint density at radius 1 is 1.19 bits per heavy atom. The fraction of sp³-hybridized carbons (Fsp3) is 0.350. The second-order valence-electron chi connectivity index (χ2n) is 7.01. The van der Waals surface area contributed by atoms with Crippen LogP contribution in [-0.4, -0.2) is 41.9 Å². The zero-order valence-corrected chi connectivity index (χ0v) is 15.5. The summed E-state index contributed by atoms with van der Waals surface area (Å²) in [5.41, 5.74) is 1.41. The molecule has 0 N–H and O–H groups in total. The molecule has 4 heterocycles. The van der Waals surface area contributed by atoms with Crippen molar-refractivity contribution in [2.75, 3.05) is 6.54 Å². The van der Waals surface area contributed by atoms with Crippen LogP contribution in [0.25, 0.3) is 5.82 Å². The van der Waals surface area contributed by atoms with E-state index in [2.05, 4.69) is 28.8 Å². The highest BCUT2D eigenvalue weighted by atomic mass is 16.2. The number of hydrogen-bond donors (Lipinski definition) is 0. The number of likely N-dealkylation sites (tertiary alicyclic amines) is 1. The predicted octanol–water partition coefficient (Wildman–Crippen LogP) is 3.16. The van der Waals surface area contributed by atoms with Crippen molar-refractivity contribution in [1.82, 2.24) is 29.4 Å². The number of imidazole rings is 1. The summed E-state index contributed by atoms with van der Waals surface area (Å²) in [5.74, 6) is 1.94. The lowest BCUT2D eigenvalue weighted by Crippen LogP contribution is -2.31. The second-order valence-corrected chi connectivity index (χ2v) is 7.01. The number of amides is 1. The molecule has 0 aliphatic carbocycles. The first-order valence-corrected chi connectivity index (χ1v) is 9.21. The molecule has 7 heteroatoms. The first kappa shape index (κ1) is 17.3. The molecule has 0 bridgehead atoms. The molecule has 0 unspecified atom stereocenters. The van der Waals surface area contributed by atoms with Crippen LogP contribution in [-0.2, 0) is 0 Å². The maximum atomic E-state index is 12.9. The van der Waals surface area contributed by atoms with E-state index in [1.54, 1.807) is 43.1 Å². The van der Waals surface area contributed by atoms with Crippen LogP contribution in [0.3, 0.4) is 0 Å². The maximum absolute atomic E-state index is 12.9. The lowest BCUT2D eigenvalue weighted by atomic mass is 10.1. The van der Waals surface area contributed by atoms with Gasteiger partial charge in [0.15, 0.2) is 5.82 Å². The number of aromatic nitrogens is 5. The lowest BCUT2D eigenvalue weighted by molar-refractivity contribution is 0.0732. The second kappa shape index (κ2) is 7.26. The van der Waals surface area contributed by atoms with E-state index in [0.29, 0.717) is 12.1 Å². The van der Waals surface area contributed by atoms with Crippen molar-refractivity contribution in [2.45, 2.75) is 38.6 Å². The average molecular weight is 362 g/mol. The average Bonchev–Trinajstić information content (AvgIpc) is 3.38. The third-order valence-electron chi connectivity index (χ3n) is 4.84. The quantitative estimate of drug-likeness (QED) is 0.712. The van der Waals surface area contributed by atoms with E-state index >= 15 is 0 Å². The normalized spacial score (nSPS) is 16.9. The van der Waals surface area contributed by atoms with E-state index in [1.165, 1.54) is 0 Å². The number of carbonyl (C=O) groups excluding carboxylic acids is 1. The van der Waals surface area contributed by atoms with E-state index in [1.807, 2.05) is 15.7 Å². The monoisotopic (exact) mass is 362 g/mol. The Bertz CT molecular complexity index is 936. The zero-order valence-electron chi connectivity index (χ0n) is 15.5. The number of hydrogen-bond acceptors (Lipinski definition) is 5. The van der Waals surface area contributed by atoms with Crippen molar-refractivity contribution in [3.8, 4) is 5.82 Å². The molecular formula is C20H22N6O. The van der Waals surface area contributed by atoms with Crippen LogP contribution in [0, 0.1) is 0 Å². The fourth-order valence-electron chi connectivity index (χ4n) is 3.56. The largest absolute Gasteiger partial charge is 0.330 e. The summed E-state index contributed by atoms with van der Waals surface area (Å²) in [7, 11) is 0. The van der Waals surface area contributed by atoms with Crippen LogP contribution in [0.4, 0.5) is 0 Å². The molecule has 1 atom stereocenters. The third kappa shape index (κ3) is 3.32. The van der Waals surface area contributed by atoms with Crippen LogP contribution in [0.15, 0.2) is 49.3 Å². The number of carbonyl (C=O) groups is 1. The first-order chi connectivity index (χ1) is 13.1. The van der Waals surface area contributed by atoms with E-state index in [-0.39, 0.29) is 17.9 Å². The molecule has 0 spiro atoms. The minimum absolute atomic E-state index is 0.0108. The van der Waals surface area contributed by atoms with E-state index in [4.69, 9.17) is 4.98 Å². The molecule has 138 valence electrons. The molecule has 27 heavy (non-hydrogen) atoms. The smallest absolute Gasteiger partial charge is 0.255 e. The molecule has 3 aromatic rings. The van der Waals surface area contributed by atoms with Crippen LogP contribution in [0.5, 0.6) is 0 Å². The molecule has 1 aliphatic heterocycles. The van der Waals surface area contributed by atoms with Crippen LogP contribution >= 0.6 is 0 Å². The predicted molar refractivity (Wildman–Crippen MR) is 100 cm³/mol. The maximum Gasteiger partial charge on any atom is 0.255 e. The zero-order chi connectivity index (χ0) is 18.8. The number of rotatable bonds is 4. The Labute approximate surface area is 158 Å². The van der Waals surface area contributed by atoms with Gasteiger partial charge in [0.2, 0.25) is 0 Å². The molecule has 4 rings (SSSR count). The molecule has 7 nitrogen and oxygen atoms in total. The highest BCUT2D eigenvalue weighted by Crippen LogP contribution is 2.32. The molecule has 0 aromatic carbocycles. The molecule has 1 amide bonds. The fourth-order valence-corrected chi connectivity index (χ4v) is 3.56. The number of nitrogens with zero attached hydrogens (tertiary/aromatic N) is 6. The van der Waals surface area contributed by atoms with Gasteiger partial charge in [0.25, 0.3) is 5.91 Å². The highest BCUT2D eigenvalue weighted by molar-refractivity contribution is 5.94. The van der Waals surface area contributed by atoms with Crippen molar-refractivity contribution < 1.29 is 4.79 Å². The minimum Gasteiger partial charge on any atom is -0.330 e. The summed E-state index contributed by atoms with van der Waals surface area (Å²) in [6.45, 7) is 4.91. The summed E-state index contributed by atoms with van der Waals surface area (Å²) in [6.07, 6.45) is 12.3. The van der Waals surface area contributed by atoms with E-state index in [0.717, 1.165) is 30.2 Å². The lowest BCUT2D eigenvalue weighted by Gasteiger charge is -2.24. The Balaban J connectivity index is 1.65. The third-order valence-corrected chi connectivity index (χ3v) is 4.84. The van der Waals surface area contributed by atoms with Crippen molar-refractivity contribution >= 4 is 5.91 Å². The van der Waals surface area contributed by atoms with Gasteiger partial charge in [-0.3, -0.25) is 19.3 Å². The van der Waals surface area contributed by atoms with Gasteiger partial charge in [0.05, 0.1) is 29.7 Å². The van der Waals surface area contributed by atoms with Crippen LogP contribution in [0.2, 0.25) is 0 Å². The summed E-state index contributed by atoms with van der Waals surface area (Å²) >= 11 is 0. The van der Waals surface area contributed by atoms with Crippen molar-refractivity contribution in [3.63, 3.8) is 0 Å². The van der Waals surface area contributed by atoms with Gasteiger partial charge in [-0.25, -0.2) is 9.97 Å². The molecular weight excluding hydrogens is 340 g/mol. The topological polar surface area (TPSA) is 76.8 Å². The van der Waals surface area contributed by atoms with Gasteiger partial charge in [-0.2, -0.15) is 0 Å². The molecule has 3 aromatic heterocycles. The minimum atomic E-state index is -0.0730. The Kier molecular flexibility index (Phi) is 4.66. The van der Waals surface area contributed by atoms with Crippen molar-refractivity contribution in [1.29, 1.82) is 0 Å². The van der Waals surface area contributed by atoms with Gasteiger partial charge in [-0.1, -0.05) is 13.8 Å². The summed E-state index contributed by atoms with van der Waals surface area (Å²) in [5, 5.41) is 0. The van der Waals surface area contributed by atoms with Gasteiger partial charge in [0.1, 0.15) is 5.82 Å². The number of pyridine rings is 1. The Morgan fingerprint density at radius 3 is 2.85 bits per heavy atom. The highest BCUT2D eigenvalue weighted by Gasteiger charge is 2.32. The summed E-state index contributed by atoms with van der Waals surface area (Å²) in [4.78, 5) is 32.5. The SMILES string of the molecule is CC(C)c1nccn1-c1cncc([C@H]2CCCN2C(=O)c2cccnc2)n1. The van der Waals surface area contributed by atoms with Crippen LogP contribution < -0.4 is 0 Å². The van der Waals surface area contributed by atoms with Gasteiger partial charge < -0.3 is 4.90 Å². The standard InChI is InChI=1S/C20H22N6O/c1-14(2)19-23-8-10-26(19)18-13-22-12-16(24-18)17-6-4-9-25(17)20(27)15-5-3-7-21-11-15/h3,5,7-8,10-14,17H,4,6,9H2,1-2H3/t17-/m1/s1. The molecule has 1 fully saturated rings. The van der Waals surface area contributed by atoms with E-state index < -0.39 is 0 Å². The van der Waals surface area contributed by atoms with Gasteiger partial charge >= 0.3 is 0 Å². The molecule has 0 radical (unpaired) electrons. The molecule has 0 saturated carbocycles. The molecule has 1 aliphatic rings. The van der Waals surface area contributed by atoms with Crippen molar-refractivity contribution in [2.24, 2.45) is 0 Å². The Morgan fingerprint density at radius 2 is 2.07 bits per heavy atom. The first-order valence-electron chi connectivity index (χ1n) is 9.21. The Hall–Kier alpha value is -3.09. The van der Waals surface area contributed by atoms with Gasteiger partial charge in [-0.15, -0.1) is 0 Å². The van der Waals surface area contributed by atoms with Crippen LogP contribution in [0.1, 0.15) is 60.5 Å². The van der Waals surface area contributed by atoms with Gasteiger partial charge in [-0.05, 0) is 25.0 Å².